The Kier molecular flexibility index (Phi) is 4.23. The van der Waals surface area contributed by atoms with Crippen LogP contribution in [0.3, 0.4) is 0 Å². The van der Waals surface area contributed by atoms with Crippen LogP contribution in [-0.4, -0.2) is 16.8 Å². The van der Waals surface area contributed by atoms with Gasteiger partial charge in [-0.1, -0.05) is 0 Å². The summed E-state index contributed by atoms with van der Waals surface area (Å²) in [5.74, 6) is 0.691. The van der Waals surface area contributed by atoms with Crippen LogP contribution in [0.1, 0.15) is 22.9 Å². The second-order valence-corrected chi connectivity index (χ2v) is 6.99. The van der Waals surface area contributed by atoms with Gasteiger partial charge in [0.2, 0.25) is 0 Å². The molecule has 7 heteroatoms. The number of aromatic nitrogens is 2. The van der Waals surface area contributed by atoms with Crippen molar-refractivity contribution >= 4 is 33.3 Å². The van der Waals surface area contributed by atoms with Crippen molar-refractivity contribution in [1.82, 2.24) is 10.2 Å². The van der Waals surface area contributed by atoms with E-state index >= 15 is 0 Å². The fourth-order valence-corrected chi connectivity index (χ4v) is 3.51. The summed E-state index contributed by atoms with van der Waals surface area (Å²) in [6, 6.07) is 6.71. The molecule has 25 heavy (non-hydrogen) atoms. The molecule has 0 atom stereocenters. The van der Waals surface area contributed by atoms with Crippen LogP contribution in [0.25, 0.3) is 21.9 Å². The lowest BCUT2D eigenvalue weighted by Crippen LogP contribution is -2.01. The summed E-state index contributed by atoms with van der Waals surface area (Å²) < 4.78 is 16.7. The first-order chi connectivity index (χ1) is 12.2. The number of furan rings is 1. The number of ether oxygens (including phenoxy) is 1. The van der Waals surface area contributed by atoms with Gasteiger partial charge in [-0.25, -0.2) is 4.79 Å². The highest BCUT2D eigenvalue weighted by atomic mass is 32.1. The van der Waals surface area contributed by atoms with Crippen molar-refractivity contribution in [2.45, 2.75) is 26.2 Å². The minimum absolute atomic E-state index is 0.392. The van der Waals surface area contributed by atoms with E-state index in [1.165, 1.54) is 6.07 Å². The molecule has 3 aromatic heterocycles. The highest BCUT2D eigenvalue weighted by Crippen LogP contribution is 2.35. The van der Waals surface area contributed by atoms with Crippen LogP contribution in [0.5, 0.6) is 5.75 Å². The topological polar surface area (TPSA) is 78.4 Å². The molecule has 0 aliphatic rings. The third-order valence-electron chi connectivity index (χ3n) is 3.91. The van der Waals surface area contributed by atoms with Gasteiger partial charge in [-0.3, -0.25) is 0 Å². The highest BCUT2D eigenvalue weighted by molar-refractivity contribution is 7.11. The molecule has 0 spiro atoms. The van der Waals surface area contributed by atoms with Gasteiger partial charge in [-0.2, -0.15) is 0 Å². The van der Waals surface area contributed by atoms with E-state index in [1.807, 2.05) is 13.0 Å². The Morgan fingerprint density at radius 1 is 1.12 bits per heavy atom. The standard InChI is InChI=1S/C18H16N2O4S/c1-11-19-20-16(25-11)4-2-3-8-23-18-12-5-6-17(21)24-15(12)10-14-13(18)7-9-22-14/h5-7,9-10H,2-4,8H2,1H3. The molecule has 0 fully saturated rings. The number of aryl methyl sites for hydroxylation is 2. The lowest BCUT2D eigenvalue weighted by Gasteiger charge is -2.09. The first-order valence-corrected chi connectivity index (χ1v) is 8.88. The van der Waals surface area contributed by atoms with Crippen molar-refractivity contribution in [2.24, 2.45) is 0 Å². The molecule has 0 radical (unpaired) electrons. The third kappa shape index (κ3) is 3.28. The molecule has 1 aromatic carbocycles. The maximum atomic E-state index is 11.5. The average molecular weight is 356 g/mol. The maximum Gasteiger partial charge on any atom is 0.336 e. The van der Waals surface area contributed by atoms with Gasteiger partial charge in [0.1, 0.15) is 26.9 Å². The summed E-state index contributed by atoms with van der Waals surface area (Å²) in [4.78, 5) is 11.5. The van der Waals surface area contributed by atoms with E-state index in [9.17, 15) is 4.79 Å². The van der Waals surface area contributed by atoms with Gasteiger partial charge >= 0.3 is 5.63 Å². The number of nitrogens with zero attached hydrogens (tertiary/aromatic N) is 2. The fourth-order valence-electron chi connectivity index (χ4n) is 2.76. The van der Waals surface area contributed by atoms with Gasteiger partial charge in [0.15, 0.2) is 0 Å². The van der Waals surface area contributed by atoms with E-state index in [4.69, 9.17) is 13.6 Å². The normalized spacial score (nSPS) is 11.4. The maximum absolute atomic E-state index is 11.5. The molecule has 4 aromatic rings. The van der Waals surface area contributed by atoms with Gasteiger partial charge in [-0.05, 0) is 31.9 Å². The molecule has 0 saturated heterocycles. The summed E-state index contributed by atoms with van der Waals surface area (Å²) in [6.07, 6.45) is 4.38. The lowest BCUT2D eigenvalue weighted by atomic mass is 10.1. The number of benzene rings is 1. The summed E-state index contributed by atoms with van der Waals surface area (Å²) >= 11 is 1.63. The van der Waals surface area contributed by atoms with Crippen LogP contribution in [-0.2, 0) is 6.42 Å². The van der Waals surface area contributed by atoms with Crippen LogP contribution in [0.2, 0.25) is 0 Å². The summed E-state index contributed by atoms with van der Waals surface area (Å²) in [6.45, 7) is 2.52. The predicted octanol–water partition coefficient (Wildman–Crippen LogP) is 4.10. The number of hydrogen-bond acceptors (Lipinski definition) is 7. The molecule has 0 N–H and O–H groups in total. The van der Waals surface area contributed by atoms with Gasteiger partial charge in [0, 0.05) is 18.6 Å². The van der Waals surface area contributed by atoms with Crippen LogP contribution < -0.4 is 10.4 Å². The van der Waals surface area contributed by atoms with Crippen LogP contribution in [0, 0.1) is 6.92 Å². The zero-order valence-corrected chi connectivity index (χ0v) is 14.5. The van der Waals surface area contributed by atoms with E-state index in [1.54, 1.807) is 29.7 Å². The molecule has 0 amide bonds. The Hall–Kier alpha value is -2.67. The molecule has 0 aliphatic carbocycles. The second-order valence-electron chi connectivity index (χ2n) is 5.72. The first kappa shape index (κ1) is 15.8. The Balaban J connectivity index is 1.49. The van der Waals surface area contributed by atoms with E-state index in [2.05, 4.69) is 10.2 Å². The zero-order chi connectivity index (χ0) is 17.2. The Labute approximate surface area is 147 Å². The van der Waals surface area contributed by atoms with Crippen molar-refractivity contribution in [1.29, 1.82) is 0 Å². The predicted molar refractivity (Wildman–Crippen MR) is 95.3 cm³/mol. The average Bonchev–Trinajstić information content (AvgIpc) is 3.22. The van der Waals surface area contributed by atoms with Crippen molar-refractivity contribution < 1.29 is 13.6 Å². The quantitative estimate of drug-likeness (QED) is 0.382. The van der Waals surface area contributed by atoms with Crippen molar-refractivity contribution in [3.63, 3.8) is 0 Å². The molecule has 3 heterocycles. The minimum atomic E-state index is -0.392. The first-order valence-electron chi connectivity index (χ1n) is 8.06. The summed E-state index contributed by atoms with van der Waals surface area (Å²) in [7, 11) is 0. The molecule has 0 saturated carbocycles. The molecule has 4 rings (SSSR count). The van der Waals surface area contributed by atoms with Gasteiger partial charge < -0.3 is 13.6 Å². The van der Waals surface area contributed by atoms with Gasteiger partial charge in [0.05, 0.1) is 23.6 Å². The molecule has 0 unspecified atom stereocenters. The van der Waals surface area contributed by atoms with Crippen molar-refractivity contribution in [3.8, 4) is 5.75 Å². The Morgan fingerprint density at radius 2 is 2.00 bits per heavy atom. The van der Waals surface area contributed by atoms with E-state index in [0.29, 0.717) is 23.5 Å². The number of hydrogen-bond donors (Lipinski definition) is 0. The SMILES string of the molecule is Cc1nnc(CCCCOc2c3ccoc3cc3oc(=O)ccc23)s1. The molecular weight excluding hydrogens is 340 g/mol. The van der Waals surface area contributed by atoms with Gasteiger partial charge in [0.25, 0.3) is 0 Å². The molecule has 0 bridgehead atoms. The van der Waals surface area contributed by atoms with Crippen LogP contribution in [0.4, 0.5) is 0 Å². The molecule has 128 valence electrons. The number of rotatable bonds is 6. The van der Waals surface area contributed by atoms with E-state index in [-0.39, 0.29) is 0 Å². The summed E-state index contributed by atoms with van der Waals surface area (Å²) in [5, 5.41) is 11.8. The summed E-state index contributed by atoms with van der Waals surface area (Å²) in [5.41, 5.74) is 0.715. The van der Waals surface area contributed by atoms with Gasteiger partial charge in [-0.15, -0.1) is 21.5 Å². The van der Waals surface area contributed by atoms with E-state index in [0.717, 1.165) is 40.1 Å². The zero-order valence-electron chi connectivity index (χ0n) is 13.7. The van der Waals surface area contributed by atoms with Crippen molar-refractivity contribution in [3.05, 3.63) is 51.0 Å². The lowest BCUT2D eigenvalue weighted by molar-refractivity contribution is 0.313. The van der Waals surface area contributed by atoms with E-state index < -0.39 is 5.63 Å². The number of unbranched alkanes of at least 4 members (excludes halogenated alkanes) is 1. The third-order valence-corrected chi connectivity index (χ3v) is 4.81. The second kappa shape index (κ2) is 6.68. The fraction of sp³-hybridized carbons (Fsp3) is 0.278. The van der Waals surface area contributed by atoms with Crippen LogP contribution in [0.15, 0.2) is 44.2 Å². The monoisotopic (exact) mass is 356 g/mol. The molecule has 6 nitrogen and oxygen atoms in total. The Bertz CT molecular complexity index is 1080. The minimum Gasteiger partial charge on any atom is -0.492 e. The highest BCUT2D eigenvalue weighted by Gasteiger charge is 2.13. The number of fused-ring (bicyclic) bond motifs is 2. The van der Waals surface area contributed by atoms with Crippen molar-refractivity contribution in [2.75, 3.05) is 6.61 Å². The molecular formula is C18H16N2O4S. The van der Waals surface area contributed by atoms with Crippen LogP contribution >= 0.6 is 11.3 Å². The smallest absolute Gasteiger partial charge is 0.336 e. The largest absolute Gasteiger partial charge is 0.492 e. The Morgan fingerprint density at radius 3 is 2.84 bits per heavy atom. The molecule has 0 aliphatic heterocycles.